The molecule has 0 saturated carbocycles. The van der Waals surface area contributed by atoms with Gasteiger partial charge in [0.15, 0.2) is 0 Å². The van der Waals surface area contributed by atoms with E-state index >= 15 is 0 Å². The van der Waals surface area contributed by atoms with E-state index in [4.69, 9.17) is 0 Å². The van der Waals surface area contributed by atoms with Crippen molar-refractivity contribution in [1.29, 1.82) is 0 Å². The quantitative estimate of drug-likeness (QED) is 0.240. The van der Waals surface area contributed by atoms with Crippen LogP contribution in [-0.4, -0.2) is 24.4 Å². The topological polar surface area (TPSA) is 34.9 Å². The smallest absolute Gasteiger partial charge is 0 e. The molecule has 3 nitrogen and oxygen atoms in total. The van der Waals surface area contributed by atoms with Crippen molar-refractivity contribution in [2.24, 2.45) is 0 Å². The second-order valence-electron chi connectivity index (χ2n) is 5.96. The summed E-state index contributed by atoms with van der Waals surface area (Å²) in [5.41, 5.74) is 5.24. The molecule has 0 aliphatic carbocycles. The molecular weight excluding hydrogens is 563 g/mol. The van der Waals surface area contributed by atoms with Crippen LogP contribution in [0, 0.1) is 6.07 Å². The molecule has 128 valence electrons. The number of aromatic nitrogens is 2. The predicted octanol–water partition coefficient (Wildman–Crippen LogP) is 2.85. The van der Waals surface area contributed by atoms with Crippen LogP contribution < -0.4 is 8.70 Å². The molecule has 1 aliphatic heterocycles. The number of hydrogen-bond acceptors (Lipinski definition) is 2. The molecule has 0 N–H and O–H groups in total. The van der Waals surface area contributed by atoms with E-state index in [2.05, 4.69) is 23.3 Å². The second kappa shape index (κ2) is 6.89. The van der Waals surface area contributed by atoms with Crippen molar-refractivity contribution in [1.82, 2.24) is 9.78 Å². The van der Waals surface area contributed by atoms with Gasteiger partial charge in [0.1, 0.15) is 0 Å². The minimum atomic E-state index is -2.35. The van der Waals surface area contributed by atoms with E-state index < -0.39 is 14.6 Å². The van der Waals surface area contributed by atoms with Gasteiger partial charge in [-0.1, -0.05) is 0 Å². The minimum Gasteiger partial charge on any atom is 0 e. The summed E-state index contributed by atoms with van der Waals surface area (Å²) < 4.78 is 16.6. The van der Waals surface area contributed by atoms with E-state index in [1.165, 1.54) is 0 Å². The van der Waals surface area contributed by atoms with E-state index in [9.17, 15) is 3.74 Å². The first-order chi connectivity index (χ1) is 12.3. The summed E-state index contributed by atoms with van der Waals surface area (Å²) in [6, 6.07) is 25.2. The van der Waals surface area contributed by atoms with Crippen LogP contribution in [0.5, 0.6) is 0 Å². The van der Waals surface area contributed by atoms with Gasteiger partial charge in [-0.25, -0.2) is 0 Å². The normalized spacial score (nSPS) is 13.0. The molecule has 1 atom stereocenters. The molecule has 26 heavy (non-hydrogen) atoms. The van der Waals surface area contributed by atoms with Crippen molar-refractivity contribution >= 4 is 23.3 Å². The molecule has 1 aromatic heterocycles. The largest absolute Gasteiger partial charge is 0 e. The standard InChI is InChI=1S/C21H13AsN2O.Ir/c25-22-20-9-5-4-8-18(20)19-12-15(10-11-21(19)22)16-13-23-24(14-16)17-6-2-1-3-7-17;/h1-6,8-14H;/q-1;. The van der Waals surface area contributed by atoms with E-state index in [1.807, 2.05) is 71.7 Å². The van der Waals surface area contributed by atoms with Gasteiger partial charge in [-0.2, -0.15) is 0 Å². The summed E-state index contributed by atoms with van der Waals surface area (Å²) in [7, 11) is 0. The predicted molar refractivity (Wildman–Crippen MR) is 99.0 cm³/mol. The second-order valence-corrected chi connectivity index (χ2v) is 9.22. The molecule has 0 saturated heterocycles. The molecule has 0 bridgehead atoms. The number of rotatable bonds is 2. The molecule has 0 spiro atoms. The Morgan fingerprint density at radius 2 is 1.69 bits per heavy atom. The molecule has 0 amide bonds. The van der Waals surface area contributed by atoms with Gasteiger partial charge in [0.2, 0.25) is 0 Å². The fourth-order valence-electron chi connectivity index (χ4n) is 3.25. The van der Waals surface area contributed by atoms with Crippen LogP contribution in [0.1, 0.15) is 0 Å². The average Bonchev–Trinajstić information content (AvgIpc) is 3.27. The molecule has 5 rings (SSSR count). The van der Waals surface area contributed by atoms with Crippen LogP contribution in [0.3, 0.4) is 0 Å². The number of fused-ring (bicyclic) bond motifs is 3. The van der Waals surface area contributed by atoms with Gasteiger partial charge in [-0.05, 0) is 0 Å². The van der Waals surface area contributed by atoms with Gasteiger partial charge in [0.25, 0.3) is 0 Å². The number of hydrogen-bond donors (Lipinski definition) is 0. The maximum absolute atomic E-state index is 12.7. The summed E-state index contributed by atoms with van der Waals surface area (Å²) >= 11 is -2.35. The Labute approximate surface area is 169 Å². The van der Waals surface area contributed by atoms with Crippen LogP contribution in [0.4, 0.5) is 0 Å². The van der Waals surface area contributed by atoms with Crippen molar-refractivity contribution in [2.45, 2.75) is 0 Å². The van der Waals surface area contributed by atoms with Gasteiger partial charge < -0.3 is 0 Å². The van der Waals surface area contributed by atoms with Crippen molar-refractivity contribution in [2.75, 3.05) is 0 Å². The van der Waals surface area contributed by atoms with E-state index in [0.717, 1.165) is 36.6 Å². The summed E-state index contributed by atoms with van der Waals surface area (Å²) in [4.78, 5) is 0. The molecule has 5 heteroatoms. The fourth-order valence-corrected chi connectivity index (χ4v) is 6.41. The van der Waals surface area contributed by atoms with Crippen molar-refractivity contribution in [3.05, 3.63) is 85.2 Å². The first-order valence-corrected chi connectivity index (χ1v) is 10.7. The monoisotopic (exact) mass is 577 g/mol. The molecule has 3 aromatic carbocycles. The maximum atomic E-state index is 12.7. The van der Waals surface area contributed by atoms with Gasteiger partial charge in [-0.3, -0.25) is 0 Å². The third kappa shape index (κ3) is 2.75. The third-order valence-corrected chi connectivity index (χ3v) is 7.96. The Morgan fingerprint density at radius 1 is 0.885 bits per heavy atom. The Balaban J connectivity index is 0.00000168. The first kappa shape index (κ1) is 17.3. The van der Waals surface area contributed by atoms with Gasteiger partial charge >= 0.3 is 150 Å². The molecule has 1 unspecified atom stereocenters. The third-order valence-electron chi connectivity index (χ3n) is 4.48. The molecular formula is C21H13AsIrN2O-. The fraction of sp³-hybridized carbons (Fsp3) is 0. The van der Waals surface area contributed by atoms with Gasteiger partial charge in [0.05, 0.1) is 0 Å². The number of benzene rings is 3. The zero-order valence-corrected chi connectivity index (χ0v) is 17.9. The molecule has 4 aromatic rings. The summed E-state index contributed by atoms with van der Waals surface area (Å²) in [5.74, 6) is 0. The Hall–Kier alpha value is -2.12. The SMILES string of the molecule is O=[As]1c2ccccc2-c2cc(-c3cnn(-c4[c-]cccc4)c3)ccc21.[Ir]. The molecule has 2 radical (unpaired) electrons. The molecule has 0 fully saturated rings. The number of nitrogens with zero attached hydrogens (tertiary/aromatic N) is 2. The van der Waals surface area contributed by atoms with E-state index in [0.29, 0.717) is 0 Å². The van der Waals surface area contributed by atoms with Crippen molar-refractivity contribution in [3.8, 4) is 27.9 Å². The number of para-hydroxylation sites is 1. The van der Waals surface area contributed by atoms with Crippen molar-refractivity contribution < 1.29 is 23.8 Å². The summed E-state index contributed by atoms with van der Waals surface area (Å²) in [6.45, 7) is 0. The Morgan fingerprint density at radius 3 is 2.54 bits per heavy atom. The zero-order valence-electron chi connectivity index (χ0n) is 13.6. The maximum Gasteiger partial charge on any atom is 0 e. The summed E-state index contributed by atoms with van der Waals surface area (Å²) in [5, 5.41) is 4.45. The van der Waals surface area contributed by atoms with Crippen LogP contribution in [0.15, 0.2) is 79.1 Å². The summed E-state index contributed by atoms with van der Waals surface area (Å²) in [6.07, 6.45) is 3.86. The minimum absolute atomic E-state index is 0. The zero-order chi connectivity index (χ0) is 16.8. The van der Waals surface area contributed by atoms with Crippen LogP contribution in [-0.2, 0) is 23.8 Å². The Bertz CT molecular complexity index is 1120. The van der Waals surface area contributed by atoms with E-state index in [1.54, 1.807) is 0 Å². The van der Waals surface area contributed by atoms with Crippen LogP contribution in [0.25, 0.3) is 27.9 Å². The average molecular weight is 576 g/mol. The van der Waals surface area contributed by atoms with Crippen LogP contribution in [0.2, 0.25) is 0 Å². The molecule has 1 aliphatic rings. The van der Waals surface area contributed by atoms with E-state index in [-0.39, 0.29) is 20.1 Å². The Kier molecular flexibility index (Phi) is 4.58. The van der Waals surface area contributed by atoms with Crippen LogP contribution >= 0.6 is 0 Å². The van der Waals surface area contributed by atoms with Gasteiger partial charge in [0, 0.05) is 20.1 Å². The first-order valence-electron chi connectivity index (χ1n) is 8.04. The molecule has 2 heterocycles. The van der Waals surface area contributed by atoms with Gasteiger partial charge in [-0.15, -0.1) is 0 Å². The van der Waals surface area contributed by atoms with Crippen molar-refractivity contribution in [3.63, 3.8) is 0 Å².